The number of hydrogen-bond donors (Lipinski definition) is 1. The normalized spacial score (nSPS) is 25.9. The fourth-order valence-electron chi connectivity index (χ4n) is 6.37. The molecule has 8 heteroatoms. The quantitative estimate of drug-likeness (QED) is 0.420. The Morgan fingerprint density at radius 2 is 2.02 bits per heavy atom. The third kappa shape index (κ3) is 6.93. The summed E-state index contributed by atoms with van der Waals surface area (Å²) in [6.07, 6.45) is 7.20. The standard InChI is InChI=1S/C32H42ClNO6/c1-21(19-35)40-27-12-14-38-31(17-27)28-10-7-24(28)18-34-13-4-3-5-22-15-26(33)9-6-25(22)20-39-30-11-8-23(16-29(30)34)32(36)37-2/h6,8-9,11,15-16,21,24,27-28,31,35H,3-5,7,10,12-14,17-20H2,1-2H3/t21-,24+,27-,28-,31-/m1/s1. The van der Waals surface area contributed by atoms with Crippen molar-refractivity contribution in [3.8, 4) is 5.75 Å². The first kappa shape index (κ1) is 29.2. The molecule has 2 aromatic carbocycles. The molecule has 0 bridgehead atoms. The van der Waals surface area contributed by atoms with E-state index in [9.17, 15) is 9.90 Å². The molecule has 40 heavy (non-hydrogen) atoms. The first-order chi connectivity index (χ1) is 19.4. The third-order valence-electron chi connectivity index (χ3n) is 8.75. The van der Waals surface area contributed by atoms with Gasteiger partial charge in [0, 0.05) is 31.1 Å². The molecule has 0 spiro atoms. The van der Waals surface area contributed by atoms with Gasteiger partial charge in [-0.3, -0.25) is 0 Å². The number of benzene rings is 2. The van der Waals surface area contributed by atoms with Gasteiger partial charge in [0.15, 0.2) is 0 Å². The minimum absolute atomic E-state index is 0.0379. The molecule has 0 radical (unpaired) electrons. The smallest absolute Gasteiger partial charge is 0.337 e. The number of hydrogen-bond acceptors (Lipinski definition) is 7. The fraction of sp³-hybridized carbons (Fsp3) is 0.594. The zero-order valence-electron chi connectivity index (χ0n) is 23.6. The van der Waals surface area contributed by atoms with E-state index in [1.54, 1.807) is 6.07 Å². The van der Waals surface area contributed by atoms with E-state index in [-0.39, 0.29) is 30.9 Å². The Morgan fingerprint density at radius 3 is 2.80 bits per heavy atom. The average molecular weight is 572 g/mol. The van der Waals surface area contributed by atoms with E-state index < -0.39 is 0 Å². The predicted octanol–water partition coefficient (Wildman–Crippen LogP) is 5.82. The van der Waals surface area contributed by atoms with Crippen LogP contribution in [-0.2, 0) is 27.2 Å². The molecule has 3 aliphatic rings. The Kier molecular flexibility index (Phi) is 9.89. The van der Waals surface area contributed by atoms with Gasteiger partial charge in [0.1, 0.15) is 12.4 Å². The second-order valence-electron chi connectivity index (χ2n) is 11.5. The molecule has 2 aliphatic heterocycles. The number of nitrogens with zero attached hydrogens (tertiary/aromatic N) is 1. The van der Waals surface area contributed by atoms with Gasteiger partial charge >= 0.3 is 5.97 Å². The summed E-state index contributed by atoms with van der Waals surface area (Å²) in [5.41, 5.74) is 3.83. The van der Waals surface area contributed by atoms with Crippen LogP contribution in [-0.4, -0.2) is 62.8 Å². The minimum atomic E-state index is -0.350. The summed E-state index contributed by atoms with van der Waals surface area (Å²) in [6, 6.07) is 11.6. The van der Waals surface area contributed by atoms with Crippen LogP contribution in [0.1, 0.15) is 66.9 Å². The molecule has 0 aromatic heterocycles. The summed E-state index contributed by atoms with van der Waals surface area (Å²) in [7, 11) is 1.41. The molecule has 1 N–H and O–H groups in total. The monoisotopic (exact) mass is 571 g/mol. The highest BCUT2D eigenvalue weighted by Gasteiger charge is 2.41. The van der Waals surface area contributed by atoms with Crippen LogP contribution in [0.3, 0.4) is 0 Å². The molecule has 2 fully saturated rings. The van der Waals surface area contributed by atoms with Gasteiger partial charge in [-0.1, -0.05) is 17.7 Å². The molecule has 1 aliphatic carbocycles. The lowest BCUT2D eigenvalue weighted by Gasteiger charge is -2.46. The van der Waals surface area contributed by atoms with Crippen LogP contribution in [0.25, 0.3) is 0 Å². The zero-order chi connectivity index (χ0) is 28.1. The lowest BCUT2D eigenvalue weighted by molar-refractivity contribution is -0.134. The van der Waals surface area contributed by atoms with Gasteiger partial charge in [-0.15, -0.1) is 0 Å². The summed E-state index contributed by atoms with van der Waals surface area (Å²) in [4.78, 5) is 14.9. The number of halogens is 1. The molecule has 1 saturated heterocycles. The number of anilines is 1. The van der Waals surface area contributed by atoms with E-state index in [4.69, 9.17) is 30.5 Å². The van der Waals surface area contributed by atoms with E-state index in [1.165, 1.54) is 12.7 Å². The number of aryl methyl sites for hydroxylation is 1. The SMILES string of the molecule is COC(=O)c1ccc2c(c1)N(C[C@@H]1CC[C@H]1[C@H]1C[C@H](O[C@H](C)CO)CCO1)CCCCc1cc(Cl)ccc1CO2. The number of aliphatic hydroxyl groups excluding tert-OH is 1. The Balaban J connectivity index is 1.36. The van der Waals surface area contributed by atoms with Crippen LogP contribution in [0.4, 0.5) is 5.69 Å². The number of esters is 1. The maximum atomic E-state index is 12.5. The molecule has 5 atom stereocenters. The Hall–Kier alpha value is -2.32. The number of ether oxygens (including phenoxy) is 4. The number of fused-ring (bicyclic) bond motifs is 2. The predicted molar refractivity (Wildman–Crippen MR) is 155 cm³/mol. The summed E-state index contributed by atoms with van der Waals surface area (Å²) in [6.45, 7) is 4.84. The Labute approximate surface area is 242 Å². The van der Waals surface area contributed by atoms with Crippen molar-refractivity contribution >= 4 is 23.3 Å². The lowest BCUT2D eigenvalue weighted by Crippen LogP contribution is -2.47. The first-order valence-electron chi connectivity index (χ1n) is 14.7. The second kappa shape index (κ2) is 13.6. The number of rotatable bonds is 7. The molecule has 218 valence electrons. The van der Waals surface area contributed by atoms with E-state index in [0.29, 0.717) is 30.6 Å². The van der Waals surface area contributed by atoms with E-state index in [1.807, 2.05) is 25.1 Å². The van der Waals surface area contributed by atoms with Crippen LogP contribution in [0.2, 0.25) is 5.02 Å². The van der Waals surface area contributed by atoms with Gasteiger partial charge in [-0.05, 0) is 98.7 Å². The van der Waals surface area contributed by atoms with Crippen molar-refractivity contribution in [1.82, 2.24) is 0 Å². The summed E-state index contributed by atoms with van der Waals surface area (Å²) < 4.78 is 23.8. The van der Waals surface area contributed by atoms with Gasteiger partial charge in [0.2, 0.25) is 0 Å². The van der Waals surface area contributed by atoms with Crippen LogP contribution < -0.4 is 9.64 Å². The highest BCUT2D eigenvalue weighted by molar-refractivity contribution is 6.30. The lowest BCUT2D eigenvalue weighted by atomic mass is 9.68. The van der Waals surface area contributed by atoms with Crippen molar-refractivity contribution in [1.29, 1.82) is 0 Å². The van der Waals surface area contributed by atoms with Crippen molar-refractivity contribution in [2.75, 3.05) is 38.3 Å². The number of carbonyl (C=O) groups excluding carboxylic acids is 1. The van der Waals surface area contributed by atoms with Crippen LogP contribution in [0.5, 0.6) is 5.75 Å². The fourth-order valence-corrected chi connectivity index (χ4v) is 6.56. The molecular weight excluding hydrogens is 530 g/mol. The zero-order valence-corrected chi connectivity index (χ0v) is 24.4. The van der Waals surface area contributed by atoms with Gasteiger partial charge < -0.3 is 29.0 Å². The highest BCUT2D eigenvalue weighted by Crippen LogP contribution is 2.43. The molecule has 0 amide bonds. The van der Waals surface area contributed by atoms with E-state index in [0.717, 1.165) is 80.1 Å². The molecule has 1 saturated carbocycles. The minimum Gasteiger partial charge on any atom is -0.487 e. The molecular formula is C32H42ClNO6. The summed E-state index contributed by atoms with van der Waals surface area (Å²) in [5.74, 6) is 1.37. The van der Waals surface area contributed by atoms with E-state index in [2.05, 4.69) is 17.0 Å². The number of carbonyl (C=O) groups is 1. The van der Waals surface area contributed by atoms with Gasteiger partial charge in [0.25, 0.3) is 0 Å². The highest BCUT2D eigenvalue weighted by atomic mass is 35.5. The molecule has 2 heterocycles. The molecule has 2 aromatic rings. The van der Waals surface area contributed by atoms with Crippen molar-refractivity contribution < 1.29 is 28.8 Å². The molecule has 5 rings (SSSR count). The summed E-state index contributed by atoms with van der Waals surface area (Å²) >= 11 is 6.32. The molecule has 7 nitrogen and oxygen atoms in total. The van der Waals surface area contributed by atoms with Gasteiger partial charge in [0.05, 0.1) is 43.3 Å². The van der Waals surface area contributed by atoms with Crippen molar-refractivity contribution in [3.63, 3.8) is 0 Å². The number of methoxy groups -OCH3 is 1. The van der Waals surface area contributed by atoms with Crippen LogP contribution in [0.15, 0.2) is 36.4 Å². The topological polar surface area (TPSA) is 77.5 Å². The molecule has 0 unspecified atom stereocenters. The van der Waals surface area contributed by atoms with Crippen LogP contribution >= 0.6 is 11.6 Å². The average Bonchev–Trinajstić information content (AvgIpc) is 2.98. The largest absolute Gasteiger partial charge is 0.487 e. The maximum absolute atomic E-state index is 12.5. The van der Waals surface area contributed by atoms with Gasteiger partial charge in [-0.2, -0.15) is 0 Å². The van der Waals surface area contributed by atoms with Crippen molar-refractivity contribution in [2.45, 2.75) is 76.8 Å². The number of aliphatic hydroxyl groups is 1. The maximum Gasteiger partial charge on any atom is 0.337 e. The van der Waals surface area contributed by atoms with Crippen molar-refractivity contribution in [3.05, 3.63) is 58.1 Å². The van der Waals surface area contributed by atoms with Crippen LogP contribution in [0, 0.1) is 11.8 Å². The Morgan fingerprint density at radius 1 is 1.15 bits per heavy atom. The Bertz CT molecular complexity index is 1160. The third-order valence-corrected chi connectivity index (χ3v) is 8.99. The second-order valence-corrected chi connectivity index (χ2v) is 11.9. The van der Waals surface area contributed by atoms with E-state index >= 15 is 0 Å². The van der Waals surface area contributed by atoms with Gasteiger partial charge in [-0.25, -0.2) is 4.79 Å². The van der Waals surface area contributed by atoms with Crippen molar-refractivity contribution in [2.24, 2.45) is 11.8 Å². The first-order valence-corrected chi connectivity index (χ1v) is 15.1. The summed E-state index contributed by atoms with van der Waals surface area (Å²) in [5, 5.41) is 10.2.